The maximum Gasteiger partial charge on any atom is 0.230 e. The Labute approximate surface area is 144 Å². The van der Waals surface area contributed by atoms with E-state index in [1.165, 1.54) is 29.0 Å². The lowest BCUT2D eigenvalue weighted by Gasteiger charge is -2.06. The van der Waals surface area contributed by atoms with Crippen LogP contribution in [0.1, 0.15) is 16.7 Å². The van der Waals surface area contributed by atoms with Crippen molar-refractivity contribution in [2.45, 2.75) is 20.3 Å². The molecule has 0 fully saturated rings. The summed E-state index contributed by atoms with van der Waals surface area (Å²) in [7, 11) is 0. The molecule has 122 valence electrons. The van der Waals surface area contributed by atoms with Crippen LogP contribution < -0.4 is 5.32 Å². The number of hydrogen-bond acceptors (Lipinski definition) is 3. The van der Waals surface area contributed by atoms with Crippen LogP contribution in [-0.2, 0) is 11.2 Å². The predicted molar refractivity (Wildman–Crippen MR) is 95.8 cm³/mol. The number of halogens is 1. The number of benzene rings is 2. The third kappa shape index (κ3) is 3.86. The predicted octanol–water partition coefficient (Wildman–Crippen LogP) is 4.75. The molecule has 1 aromatic heterocycles. The number of carbonyl (C=O) groups excluding carboxylic acids is 1. The van der Waals surface area contributed by atoms with E-state index in [0.29, 0.717) is 11.6 Å². The van der Waals surface area contributed by atoms with Gasteiger partial charge in [0.15, 0.2) is 5.13 Å². The molecule has 1 amide bonds. The number of aryl methyl sites for hydroxylation is 2. The topological polar surface area (TPSA) is 42.0 Å². The van der Waals surface area contributed by atoms with Gasteiger partial charge in [-0.2, -0.15) is 0 Å². The van der Waals surface area contributed by atoms with E-state index in [0.717, 1.165) is 22.4 Å². The Morgan fingerprint density at radius 1 is 1.17 bits per heavy atom. The van der Waals surface area contributed by atoms with Crippen molar-refractivity contribution in [3.8, 4) is 11.3 Å². The molecule has 0 saturated heterocycles. The van der Waals surface area contributed by atoms with Gasteiger partial charge in [0, 0.05) is 10.9 Å². The molecule has 3 aromatic rings. The number of amides is 1. The first-order valence-corrected chi connectivity index (χ1v) is 8.46. The van der Waals surface area contributed by atoms with Crippen molar-refractivity contribution < 1.29 is 9.18 Å². The van der Waals surface area contributed by atoms with Gasteiger partial charge in [-0.15, -0.1) is 11.3 Å². The summed E-state index contributed by atoms with van der Waals surface area (Å²) in [5.41, 5.74) is 4.84. The number of aromatic nitrogens is 1. The maximum atomic E-state index is 13.0. The highest BCUT2D eigenvalue weighted by Crippen LogP contribution is 2.25. The average Bonchev–Trinajstić information content (AvgIpc) is 2.99. The molecule has 0 saturated carbocycles. The summed E-state index contributed by atoms with van der Waals surface area (Å²) in [6, 6.07) is 12.2. The van der Waals surface area contributed by atoms with Crippen molar-refractivity contribution in [1.82, 2.24) is 4.98 Å². The van der Waals surface area contributed by atoms with Gasteiger partial charge in [-0.1, -0.05) is 23.8 Å². The fraction of sp³-hybridized carbons (Fsp3) is 0.158. The lowest BCUT2D eigenvalue weighted by atomic mass is 10.0. The standard InChI is InChI=1S/C19H17FN2OS/c1-12-3-4-15(13(2)9-12)10-18(23)22-19-21-17(11-24-19)14-5-7-16(20)8-6-14/h3-9,11H,10H2,1-2H3,(H,21,22,23). The lowest BCUT2D eigenvalue weighted by molar-refractivity contribution is -0.115. The zero-order valence-corrected chi connectivity index (χ0v) is 14.3. The number of rotatable bonds is 4. The fourth-order valence-corrected chi connectivity index (χ4v) is 3.20. The highest BCUT2D eigenvalue weighted by Gasteiger charge is 2.10. The smallest absolute Gasteiger partial charge is 0.230 e. The molecule has 24 heavy (non-hydrogen) atoms. The second kappa shape index (κ2) is 6.93. The van der Waals surface area contributed by atoms with Crippen LogP contribution in [0, 0.1) is 19.7 Å². The minimum Gasteiger partial charge on any atom is -0.302 e. The van der Waals surface area contributed by atoms with Gasteiger partial charge >= 0.3 is 0 Å². The summed E-state index contributed by atoms with van der Waals surface area (Å²) >= 11 is 1.36. The van der Waals surface area contributed by atoms with Crippen LogP contribution in [0.25, 0.3) is 11.3 Å². The molecular weight excluding hydrogens is 323 g/mol. The molecule has 0 radical (unpaired) electrons. The van der Waals surface area contributed by atoms with Gasteiger partial charge in [-0.05, 0) is 49.2 Å². The zero-order chi connectivity index (χ0) is 17.1. The van der Waals surface area contributed by atoms with Crippen molar-refractivity contribution in [2.75, 3.05) is 5.32 Å². The summed E-state index contributed by atoms with van der Waals surface area (Å²) in [4.78, 5) is 16.6. The van der Waals surface area contributed by atoms with Gasteiger partial charge in [0.1, 0.15) is 5.82 Å². The summed E-state index contributed by atoms with van der Waals surface area (Å²) in [5.74, 6) is -0.377. The van der Waals surface area contributed by atoms with Gasteiger partial charge in [0.2, 0.25) is 5.91 Å². The monoisotopic (exact) mass is 340 g/mol. The molecule has 0 aliphatic heterocycles. The third-order valence-corrected chi connectivity index (χ3v) is 4.50. The van der Waals surface area contributed by atoms with Gasteiger partial charge in [-0.3, -0.25) is 4.79 Å². The number of nitrogens with one attached hydrogen (secondary N) is 1. The van der Waals surface area contributed by atoms with Gasteiger partial charge < -0.3 is 5.32 Å². The Morgan fingerprint density at radius 2 is 1.92 bits per heavy atom. The molecule has 3 rings (SSSR count). The number of anilines is 1. The normalized spacial score (nSPS) is 10.6. The van der Waals surface area contributed by atoms with E-state index < -0.39 is 0 Å². The number of hydrogen-bond donors (Lipinski definition) is 1. The molecule has 0 aliphatic carbocycles. The summed E-state index contributed by atoms with van der Waals surface area (Å²) < 4.78 is 13.0. The van der Waals surface area contributed by atoms with Crippen LogP contribution in [0.15, 0.2) is 47.8 Å². The van der Waals surface area contributed by atoms with Crippen LogP contribution in [0.3, 0.4) is 0 Å². The van der Waals surface area contributed by atoms with Crippen molar-refractivity contribution in [1.29, 1.82) is 0 Å². The van der Waals surface area contributed by atoms with E-state index in [4.69, 9.17) is 0 Å². The Kier molecular flexibility index (Phi) is 4.71. The molecule has 0 bridgehead atoms. The molecule has 0 atom stereocenters. The van der Waals surface area contributed by atoms with Crippen LogP contribution in [-0.4, -0.2) is 10.9 Å². The van der Waals surface area contributed by atoms with Gasteiger partial charge in [0.25, 0.3) is 0 Å². The molecule has 0 aliphatic rings. The number of thiazole rings is 1. The first-order valence-electron chi connectivity index (χ1n) is 7.59. The average molecular weight is 340 g/mol. The molecular formula is C19H17FN2OS. The Hall–Kier alpha value is -2.53. The highest BCUT2D eigenvalue weighted by atomic mass is 32.1. The van der Waals surface area contributed by atoms with Crippen molar-refractivity contribution >= 4 is 22.4 Å². The van der Waals surface area contributed by atoms with Crippen LogP contribution in [0.4, 0.5) is 9.52 Å². The molecule has 5 heteroatoms. The third-order valence-electron chi connectivity index (χ3n) is 3.74. The first kappa shape index (κ1) is 16.3. The van der Waals surface area contributed by atoms with E-state index in [1.807, 2.05) is 31.4 Å². The van der Waals surface area contributed by atoms with E-state index in [-0.39, 0.29) is 11.7 Å². The number of carbonyl (C=O) groups is 1. The Bertz CT molecular complexity index is 871. The molecule has 2 aromatic carbocycles. The Balaban J connectivity index is 1.68. The summed E-state index contributed by atoms with van der Waals surface area (Å²) in [6.07, 6.45) is 0.317. The minimum absolute atomic E-state index is 0.0954. The first-order chi connectivity index (χ1) is 11.5. The van der Waals surface area contributed by atoms with Crippen molar-refractivity contribution in [3.63, 3.8) is 0 Å². The van der Waals surface area contributed by atoms with E-state index in [1.54, 1.807) is 12.1 Å². The largest absolute Gasteiger partial charge is 0.302 e. The summed E-state index contributed by atoms with van der Waals surface area (Å²) in [6.45, 7) is 4.04. The second-order valence-corrected chi connectivity index (χ2v) is 6.56. The van der Waals surface area contributed by atoms with E-state index in [9.17, 15) is 9.18 Å². The maximum absolute atomic E-state index is 13.0. The molecule has 0 spiro atoms. The quantitative estimate of drug-likeness (QED) is 0.745. The SMILES string of the molecule is Cc1ccc(CC(=O)Nc2nc(-c3ccc(F)cc3)cs2)c(C)c1. The van der Waals surface area contributed by atoms with Crippen LogP contribution >= 0.6 is 11.3 Å². The van der Waals surface area contributed by atoms with Crippen LogP contribution in [0.5, 0.6) is 0 Å². The molecule has 1 heterocycles. The minimum atomic E-state index is -0.282. The van der Waals surface area contributed by atoms with E-state index >= 15 is 0 Å². The van der Waals surface area contributed by atoms with E-state index in [2.05, 4.69) is 16.4 Å². The molecule has 0 unspecified atom stereocenters. The number of nitrogens with zero attached hydrogens (tertiary/aromatic N) is 1. The lowest BCUT2D eigenvalue weighted by Crippen LogP contribution is -2.14. The van der Waals surface area contributed by atoms with Crippen LogP contribution in [0.2, 0.25) is 0 Å². The fourth-order valence-electron chi connectivity index (χ4n) is 2.46. The Morgan fingerprint density at radius 3 is 2.62 bits per heavy atom. The zero-order valence-electron chi connectivity index (χ0n) is 13.5. The summed E-state index contributed by atoms with van der Waals surface area (Å²) in [5, 5.41) is 5.22. The molecule has 3 nitrogen and oxygen atoms in total. The van der Waals surface area contributed by atoms with Gasteiger partial charge in [-0.25, -0.2) is 9.37 Å². The van der Waals surface area contributed by atoms with Crippen molar-refractivity contribution in [2.24, 2.45) is 0 Å². The second-order valence-electron chi connectivity index (χ2n) is 5.70. The highest BCUT2D eigenvalue weighted by molar-refractivity contribution is 7.14. The molecule has 1 N–H and O–H groups in total. The van der Waals surface area contributed by atoms with Gasteiger partial charge in [0.05, 0.1) is 12.1 Å². The van der Waals surface area contributed by atoms with Crippen molar-refractivity contribution in [3.05, 3.63) is 70.4 Å².